The number of rotatable bonds is 4. The van der Waals surface area contributed by atoms with Crippen molar-refractivity contribution in [2.24, 2.45) is 0 Å². The van der Waals surface area contributed by atoms with Crippen molar-refractivity contribution in [1.82, 2.24) is 10.2 Å². The van der Waals surface area contributed by atoms with Crippen molar-refractivity contribution in [3.8, 4) is 0 Å². The van der Waals surface area contributed by atoms with Gasteiger partial charge in [0.1, 0.15) is 0 Å². The average Bonchev–Trinajstić information content (AvgIpc) is 2.58. The molecule has 2 nitrogen and oxygen atoms in total. The molecule has 0 aliphatic carbocycles. The van der Waals surface area contributed by atoms with Gasteiger partial charge in [0, 0.05) is 33.9 Å². The van der Waals surface area contributed by atoms with Crippen molar-refractivity contribution in [3.63, 3.8) is 0 Å². The van der Waals surface area contributed by atoms with Gasteiger partial charge in [-0.25, -0.2) is 0 Å². The topological polar surface area (TPSA) is 15.3 Å². The van der Waals surface area contributed by atoms with Crippen LogP contribution in [-0.2, 0) is 6.54 Å². The molecule has 1 atom stereocenters. The van der Waals surface area contributed by atoms with Gasteiger partial charge < -0.3 is 5.32 Å². The van der Waals surface area contributed by atoms with E-state index in [1.54, 1.807) is 0 Å². The number of hydrogen-bond donors (Lipinski definition) is 1. The van der Waals surface area contributed by atoms with Crippen LogP contribution < -0.4 is 5.32 Å². The maximum Gasteiger partial charge on any atom is 0.0328 e. The van der Waals surface area contributed by atoms with Gasteiger partial charge in [-0.3, -0.25) is 4.90 Å². The van der Waals surface area contributed by atoms with Crippen LogP contribution in [0, 0.1) is 0 Å². The first kappa shape index (κ1) is 13.5. The monoisotopic (exact) mass is 316 g/mol. The van der Waals surface area contributed by atoms with Crippen LogP contribution in [0.2, 0.25) is 0 Å². The van der Waals surface area contributed by atoms with E-state index in [1.807, 2.05) is 11.3 Å². The minimum atomic E-state index is 0.686. The molecule has 0 radical (unpaired) electrons. The number of thiophene rings is 1. The number of nitrogens with one attached hydrogen (secondary N) is 1. The highest BCUT2D eigenvalue weighted by atomic mass is 79.9. The van der Waals surface area contributed by atoms with Gasteiger partial charge in [0.2, 0.25) is 0 Å². The number of halogens is 1. The molecule has 2 heterocycles. The summed E-state index contributed by atoms with van der Waals surface area (Å²) in [6.45, 7) is 6.98. The fourth-order valence-electron chi connectivity index (χ4n) is 2.42. The summed E-state index contributed by atoms with van der Waals surface area (Å²) in [7, 11) is 0. The smallest absolute Gasteiger partial charge is 0.0328 e. The molecule has 1 aromatic heterocycles. The highest BCUT2D eigenvalue weighted by molar-refractivity contribution is 9.10. The van der Waals surface area contributed by atoms with Crippen LogP contribution in [0.25, 0.3) is 0 Å². The van der Waals surface area contributed by atoms with E-state index in [0.29, 0.717) is 6.04 Å². The highest BCUT2D eigenvalue weighted by Crippen LogP contribution is 2.21. The lowest BCUT2D eigenvalue weighted by atomic mass is 10.1. The lowest BCUT2D eigenvalue weighted by Crippen LogP contribution is -2.37. The van der Waals surface area contributed by atoms with Gasteiger partial charge >= 0.3 is 0 Å². The maximum absolute atomic E-state index is 3.66. The molecule has 0 saturated carbocycles. The minimum absolute atomic E-state index is 0.686. The Hall–Kier alpha value is 0.1000. The lowest BCUT2D eigenvalue weighted by molar-refractivity contribution is 0.257. The van der Waals surface area contributed by atoms with Gasteiger partial charge in [-0.2, -0.15) is 0 Å². The summed E-state index contributed by atoms with van der Waals surface area (Å²) in [4.78, 5) is 4.06. The van der Waals surface area contributed by atoms with Gasteiger partial charge in [0.25, 0.3) is 0 Å². The Morgan fingerprint density at radius 2 is 2.47 bits per heavy atom. The van der Waals surface area contributed by atoms with Crippen molar-refractivity contribution >= 4 is 27.3 Å². The summed E-state index contributed by atoms with van der Waals surface area (Å²) in [5.74, 6) is 0. The van der Waals surface area contributed by atoms with Gasteiger partial charge in [-0.1, -0.05) is 13.3 Å². The third-order valence-corrected chi connectivity index (χ3v) is 4.88. The van der Waals surface area contributed by atoms with Crippen LogP contribution in [0.4, 0.5) is 0 Å². The van der Waals surface area contributed by atoms with Gasteiger partial charge in [-0.15, -0.1) is 11.3 Å². The Labute approximate surface area is 117 Å². The SMILES string of the molecule is CCCC1CN(Cc2cc(Br)cs2)CCCN1. The van der Waals surface area contributed by atoms with E-state index in [1.165, 1.54) is 48.2 Å². The second-order valence-electron chi connectivity index (χ2n) is 4.76. The van der Waals surface area contributed by atoms with Crippen LogP contribution >= 0.6 is 27.3 Å². The van der Waals surface area contributed by atoms with E-state index < -0.39 is 0 Å². The summed E-state index contributed by atoms with van der Waals surface area (Å²) >= 11 is 5.38. The molecule has 1 saturated heterocycles. The minimum Gasteiger partial charge on any atom is -0.313 e. The molecule has 2 rings (SSSR count). The fraction of sp³-hybridized carbons (Fsp3) is 0.692. The Kier molecular flexibility index (Phi) is 5.48. The third kappa shape index (κ3) is 4.36. The molecular formula is C13H21BrN2S. The third-order valence-electron chi connectivity index (χ3n) is 3.20. The zero-order chi connectivity index (χ0) is 12.1. The highest BCUT2D eigenvalue weighted by Gasteiger charge is 2.17. The van der Waals surface area contributed by atoms with Gasteiger partial charge in [0.15, 0.2) is 0 Å². The molecule has 0 aromatic carbocycles. The lowest BCUT2D eigenvalue weighted by Gasteiger charge is -2.23. The van der Waals surface area contributed by atoms with Gasteiger partial charge in [0.05, 0.1) is 0 Å². The van der Waals surface area contributed by atoms with E-state index in [2.05, 4.69) is 44.5 Å². The summed E-state index contributed by atoms with van der Waals surface area (Å²) in [5.41, 5.74) is 0. The normalized spacial score (nSPS) is 22.6. The Morgan fingerprint density at radius 3 is 3.18 bits per heavy atom. The molecule has 1 fully saturated rings. The van der Waals surface area contributed by atoms with Crippen molar-refractivity contribution in [2.45, 2.75) is 38.8 Å². The molecule has 4 heteroatoms. The molecule has 17 heavy (non-hydrogen) atoms. The van der Waals surface area contributed by atoms with Gasteiger partial charge in [-0.05, 0) is 47.9 Å². The molecule has 1 aliphatic heterocycles. The maximum atomic E-state index is 3.66. The molecule has 0 spiro atoms. The first-order valence-electron chi connectivity index (χ1n) is 6.46. The molecule has 1 aromatic rings. The summed E-state index contributed by atoms with van der Waals surface area (Å²) in [5, 5.41) is 5.83. The first-order chi connectivity index (χ1) is 8.28. The fourth-order valence-corrected chi connectivity index (χ4v) is 3.91. The van der Waals surface area contributed by atoms with E-state index in [0.717, 1.165) is 6.54 Å². The van der Waals surface area contributed by atoms with Crippen LogP contribution in [0.15, 0.2) is 15.9 Å². The molecule has 1 N–H and O–H groups in total. The molecule has 0 bridgehead atoms. The van der Waals surface area contributed by atoms with Crippen molar-refractivity contribution in [1.29, 1.82) is 0 Å². The zero-order valence-electron chi connectivity index (χ0n) is 10.4. The standard InChI is InChI=1S/C13H21BrN2S/c1-2-4-12-8-16(6-3-5-15-12)9-13-7-11(14)10-17-13/h7,10,12,15H,2-6,8-9H2,1H3. The Balaban J connectivity index is 1.90. The zero-order valence-corrected chi connectivity index (χ0v) is 12.8. The van der Waals surface area contributed by atoms with Crippen LogP contribution in [0.1, 0.15) is 31.1 Å². The second kappa shape index (κ2) is 6.88. The molecule has 1 aliphatic rings. The van der Waals surface area contributed by atoms with E-state index >= 15 is 0 Å². The largest absolute Gasteiger partial charge is 0.313 e. The van der Waals surface area contributed by atoms with Crippen molar-refractivity contribution in [2.75, 3.05) is 19.6 Å². The average molecular weight is 317 g/mol. The second-order valence-corrected chi connectivity index (χ2v) is 6.67. The van der Waals surface area contributed by atoms with Crippen LogP contribution in [0.5, 0.6) is 0 Å². The molecule has 0 amide bonds. The van der Waals surface area contributed by atoms with E-state index in [4.69, 9.17) is 0 Å². The summed E-state index contributed by atoms with van der Waals surface area (Å²) in [6, 6.07) is 2.93. The van der Waals surface area contributed by atoms with Crippen molar-refractivity contribution in [3.05, 3.63) is 20.8 Å². The summed E-state index contributed by atoms with van der Waals surface area (Å²) in [6.07, 6.45) is 3.84. The number of nitrogens with zero attached hydrogens (tertiary/aromatic N) is 1. The quantitative estimate of drug-likeness (QED) is 0.915. The summed E-state index contributed by atoms with van der Waals surface area (Å²) < 4.78 is 1.22. The van der Waals surface area contributed by atoms with E-state index in [9.17, 15) is 0 Å². The number of hydrogen-bond acceptors (Lipinski definition) is 3. The molecular weight excluding hydrogens is 296 g/mol. The van der Waals surface area contributed by atoms with Crippen LogP contribution in [0.3, 0.4) is 0 Å². The molecule has 96 valence electrons. The van der Waals surface area contributed by atoms with Crippen molar-refractivity contribution < 1.29 is 0 Å². The van der Waals surface area contributed by atoms with Crippen LogP contribution in [-0.4, -0.2) is 30.6 Å². The predicted octanol–water partition coefficient (Wildman–Crippen LogP) is 3.47. The first-order valence-corrected chi connectivity index (χ1v) is 8.14. The Bertz CT molecular complexity index is 340. The Morgan fingerprint density at radius 1 is 1.59 bits per heavy atom. The molecule has 1 unspecified atom stereocenters. The predicted molar refractivity (Wildman–Crippen MR) is 78.6 cm³/mol. The van der Waals surface area contributed by atoms with E-state index in [-0.39, 0.29) is 0 Å².